The molecule has 5 nitrogen and oxygen atoms in total. The molecule has 4 bridgehead atoms. The Morgan fingerprint density at radius 1 is 1.12 bits per heavy atom. The van der Waals surface area contributed by atoms with Crippen molar-refractivity contribution in [1.82, 2.24) is 4.72 Å². The lowest BCUT2D eigenvalue weighted by Gasteiger charge is -2.59. The first-order valence-corrected chi connectivity index (χ1v) is 7.49. The van der Waals surface area contributed by atoms with Crippen LogP contribution in [0.15, 0.2) is 0 Å². The molecule has 0 heterocycles. The molecule has 4 fully saturated rings. The minimum atomic E-state index is -3.59. The molecule has 0 aromatic carbocycles. The van der Waals surface area contributed by atoms with E-state index in [1.54, 1.807) is 0 Å². The molecule has 0 saturated heterocycles. The van der Waals surface area contributed by atoms with E-state index < -0.39 is 10.2 Å². The largest absolute Gasteiger partial charge is 0.327 e. The summed E-state index contributed by atoms with van der Waals surface area (Å²) in [5, 5.41) is 5.12. The Bertz CT molecular complexity index is 392. The van der Waals surface area contributed by atoms with Gasteiger partial charge in [-0.15, -0.1) is 0 Å². The highest BCUT2D eigenvalue weighted by Gasteiger charge is 2.55. The molecule has 0 radical (unpaired) electrons. The Morgan fingerprint density at radius 2 is 1.69 bits per heavy atom. The first kappa shape index (κ1) is 11.0. The molecule has 5 N–H and O–H groups in total. The van der Waals surface area contributed by atoms with Gasteiger partial charge in [0.1, 0.15) is 0 Å². The van der Waals surface area contributed by atoms with E-state index in [0.29, 0.717) is 17.8 Å². The summed E-state index contributed by atoms with van der Waals surface area (Å²) in [5.41, 5.74) is 5.90. The standard InChI is InChI=1S/C10H19N3O2S/c11-9-7-1-6-2-8(9)5-10(3-6,4-7)13-16(12,14)15/h6-9,13H,1-5,11H2,(H2,12,14,15). The van der Waals surface area contributed by atoms with Gasteiger partial charge in [-0.05, 0) is 49.9 Å². The Labute approximate surface area is 96.1 Å². The minimum absolute atomic E-state index is 0.270. The fraction of sp³-hybridized carbons (Fsp3) is 1.00. The van der Waals surface area contributed by atoms with Gasteiger partial charge in [0.25, 0.3) is 10.2 Å². The first-order chi connectivity index (χ1) is 7.37. The van der Waals surface area contributed by atoms with Crippen molar-refractivity contribution in [3.63, 3.8) is 0 Å². The van der Waals surface area contributed by atoms with Crippen LogP contribution in [0.1, 0.15) is 32.1 Å². The molecular formula is C10H19N3O2S. The molecule has 0 aromatic rings. The highest BCUT2D eigenvalue weighted by molar-refractivity contribution is 7.87. The van der Waals surface area contributed by atoms with E-state index in [4.69, 9.17) is 10.9 Å². The van der Waals surface area contributed by atoms with E-state index >= 15 is 0 Å². The lowest BCUT2D eigenvalue weighted by atomic mass is 9.51. The van der Waals surface area contributed by atoms with Crippen molar-refractivity contribution in [3.05, 3.63) is 0 Å². The highest BCUT2D eigenvalue weighted by Crippen LogP contribution is 2.55. The van der Waals surface area contributed by atoms with Gasteiger partial charge in [-0.1, -0.05) is 0 Å². The Hall–Kier alpha value is -0.170. The predicted molar refractivity (Wildman–Crippen MR) is 60.5 cm³/mol. The van der Waals surface area contributed by atoms with E-state index in [9.17, 15) is 8.42 Å². The molecule has 16 heavy (non-hydrogen) atoms. The topological polar surface area (TPSA) is 98.2 Å². The molecule has 0 spiro atoms. The van der Waals surface area contributed by atoms with Crippen LogP contribution in [0.2, 0.25) is 0 Å². The molecule has 4 aliphatic rings. The quantitative estimate of drug-likeness (QED) is 0.622. The first-order valence-electron chi connectivity index (χ1n) is 5.94. The summed E-state index contributed by atoms with van der Waals surface area (Å²) in [5.74, 6) is 1.62. The van der Waals surface area contributed by atoms with Crippen molar-refractivity contribution in [2.45, 2.75) is 43.7 Å². The van der Waals surface area contributed by atoms with Crippen molar-refractivity contribution in [1.29, 1.82) is 0 Å². The molecule has 4 rings (SSSR count). The molecule has 0 amide bonds. The summed E-state index contributed by atoms with van der Waals surface area (Å²) in [6.45, 7) is 0. The van der Waals surface area contributed by atoms with Gasteiger partial charge in [0.05, 0.1) is 0 Å². The van der Waals surface area contributed by atoms with E-state index in [1.807, 2.05) is 0 Å². The maximum absolute atomic E-state index is 11.2. The van der Waals surface area contributed by atoms with Gasteiger partial charge in [-0.25, -0.2) is 5.14 Å². The van der Waals surface area contributed by atoms with Crippen LogP contribution >= 0.6 is 0 Å². The van der Waals surface area contributed by atoms with Gasteiger partial charge < -0.3 is 5.73 Å². The van der Waals surface area contributed by atoms with Gasteiger partial charge in [0.15, 0.2) is 0 Å². The summed E-state index contributed by atoms with van der Waals surface area (Å²) in [6, 6.07) is 0.270. The van der Waals surface area contributed by atoms with E-state index in [0.717, 1.165) is 19.3 Å². The average molecular weight is 245 g/mol. The second kappa shape index (κ2) is 3.19. The molecule has 4 saturated carbocycles. The van der Waals surface area contributed by atoms with Crippen molar-refractivity contribution in [3.8, 4) is 0 Å². The third-order valence-electron chi connectivity index (χ3n) is 4.70. The lowest BCUT2D eigenvalue weighted by molar-refractivity contribution is -0.0250. The smallest absolute Gasteiger partial charge is 0.274 e. The maximum Gasteiger partial charge on any atom is 0.274 e. The summed E-state index contributed by atoms with van der Waals surface area (Å²) in [4.78, 5) is 0. The van der Waals surface area contributed by atoms with Crippen LogP contribution in [-0.4, -0.2) is 20.0 Å². The lowest BCUT2D eigenvalue weighted by Crippen LogP contribution is -2.66. The zero-order chi connectivity index (χ0) is 11.6. The van der Waals surface area contributed by atoms with Gasteiger partial charge >= 0.3 is 0 Å². The second-order valence-corrected chi connectivity index (χ2v) is 7.27. The number of nitrogens with two attached hydrogens (primary N) is 2. The van der Waals surface area contributed by atoms with Gasteiger partial charge in [0.2, 0.25) is 0 Å². The van der Waals surface area contributed by atoms with Crippen LogP contribution in [0, 0.1) is 17.8 Å². The zero-order valence-electron chi connectivity index (χ0n) is 9.22. The molecule has 0 aliphatic heterocycles. The summed E-state index contributed by atoms with van der Waals surface area (Å²) >= 11 is 0. The van der Waals surface area contributed by atoms with Gasteiger partial charge in [0, 0.05) is 11.6 Å². The van der Waals surface area contributed by atoms with Crippen LogP contribution in [0.3, 0.4) is 0 Å². The molecule has 92 valence electrons. The van der Waals surface area contributed by atoms with Gasteiger partial charge in [-0.2, -0.15) is 13.1 Å². The average Bonchev–Trinajstić information content (AvgIpc) is 2.08. The summed E-state index contributed by atoms with van der Waals surface area (Å²) < 4.78 is 25.1. The minimum Gasteiger partial charge on any atom is -0.327 e. The van der Waals surface area contributed by atoms with Crippen molar-refractivity contribution in [2.75, 3.05) is 0 Å². The van der Waals surface area contributed by atoms with Crippen LogP contribution in [0.4, 0.5) is 0 Å². The molecule has 6 heteroatoms. The number of hydrogen-bond acceptors (Lipinski definition) is 3. The van der Waals surface area contributed by atoms with Crippen LogP contribution < -0.4 is 15.6 Å². The third kappa shape index (κ3) is 1.68. The Kier molecular flexibility index (Phi) is 2.18. The monoisotopic (exact) mass is 245 g/mol. The summed E-state index contributed by atoms with van der Waals surface area (Å²) in [7, 11) is -3.59. The van der Waals surface area contributed by atoms with Crippen LogP contribution in [0.25, 0.3) is 0 Å². The van der Waals surface area contributed by atoms with E-state index in [2.05, 4.69) is 4.72 Å². The fourth-order valence-corrected chi connectivity index (χ4v) is 5.34. The SMILES string of the molecule is NC1C2CC3CC1CC(NS(N)(=O)=O)(C3)C2. The molecule has 2 unspecified atom stereocenters. The van der Waals surface area contributed by atoms with E-state index in [1.165, 1.54) is 12.8 Å². The van der Waals surface area contributed by atoms with Crippen LogP contribution in [-0.2, 0) is 10.2 Å². The van der Waals surface area contributed by atoms with Crippen LogP contribution in [0.5, 0.6) is 0 Å². The number of rotatable bonds is 2. The maximum atomic E-state index is 11.2. The molecule has 2 atom stereocenters. The normalized spacial score (nSPS) is 50.9. The van der Waals surface area contributed by atoms with Crippen molar-refractivity contribution < 1.29 is 8.42 Å². The molecule has 4 aliphatic carbocycles. The predicted octanol–water partition coefficient (Wildman–Crippen LogP) is -0.314. The summed E-state index contributed by atoms with van der Waals surface area (Å²) in [6.07, 6.45) is 5.04. The second-order valence-electron chi connectivity index (χ2n) is 5.97. The van der Waals surface area contributed by atoms with E-state index in [-0.39, 0.29) is 11.6 Å². The fourth-order valence-electron chi connectivity index (χ4n) is 4.49. The van der Waals surface area contributed by atoms with Crippen molar-refractivity contribution >= 4 is 10.2 Å². The third-order valence-corrected chi connectivity index (χ3v) is 5.42. The number of hydrogen-bond donors (Lipinski definition) is 3. The molecule has 0 aromatic heterocycles. The Morgan fingerprint density at radius 3 is 2.19 bits per heavy atom. The molecular weight excluding hydrogens is 226 g/mol. The number of nitrogens with one attached hydrogen (secondary N) is 1. The highest BCUT2D eigenvalue weighted by atomic mass is 32.2. The van der Waals surface area contributed by atoms with Crippen molar-refractivity contribution in [2.24, 2.45) is 28.6 Å². The van der Waals surface area contributed by atoms with Gasteiger partial charge in [-0.3, -0.25) is 0 Å². The Balaban J connectivity index is 1.88. The zero-order valence-corrected chi connectivity index (χ0v) is 10.0.